The number of likely N-dealkylation sites (tertiary alicyclic amines) is 1. The summed E-state index contributed by atoms with van der Waals surface area (Å²) in [5.74, 6) is 2.23. The van der Waals surface area contributed by atoms with Crippen LogP contribution in [0.5, 0.6) is 5.75 Å². The molecule has 32 heavy (non-hydrogen) atoms. The number of hydrogen-bond donors (Lipinski definition) is 1. The number of amides is 1. The molecule has 2 bridgehead atoms. The van der Waals surface area contributed by atoms with Crippen molar-refractivity contribution in [3.63, 3.8) is 0 Å². The van der Waals surface area contributed by atoms with Gasteiger partial charge in [-0.25, -0.2) is 8.42 Å². The van der Waals surface area contributed by atoms with Gasteiger partial charge in [-0.1, -0.05) is 12.1 Å². The van der Waals surface area contributed by atoms with E-state index in [4.69, 9.17) is 9.47 Å². The average Bonchev–Trinajstić information content (AvgIpc) is 3.42. The maximum absolute atomic E-state index is 13.6. The number of fused-ring (bicyclic) bond motifs is 1. The Bertz CT molecular complexity index is 1140. The van der Waals surface area contributed by atoms with Crippen LogP contribution in [-0.4, -0.2) is 57.6 Å². The number of pyridine rings is 1. The van der Waals surface area contributed by atoms with E-state index in [1.165, 1.54) is 25.6 Å². The van der Waals surface area contributed by atoms with Crippen LogP contribution in [0.25, 0.3) is 0 Å². The van der Waals surface area contributed by atoms with Crippen molar-refractivity contribution in [3.05, 3.63) is 48.3 Å². The summed E-state index contributed by atoms with van der Waals surface area (Å²) >= 11 is 0. The van der Waals surface area contributed by atoms with Crippen LogP contribution < -0.4 is 9.46 Å². The second kappa shape index (κ2) is 8.04. The van der Waals surface area contributed by atoms with Gasteiger partial charge in [0, 0.05) is 32.4 Å². The Morgan fingerprint density at radius 2 is 2.00 bits per heavy atom. The zero-order valence-electron chi connectivity index (χ0n) is 18.1. The van der Waals surface area contributed by atoms with Crippen molar-refractivity contribution in [3.8, 4) is 5.75 Å². The third kappa shape index (κ3) is 3.44. The van der Waals surface area contributed by atoms with Crippen LogP contribution in [0.15, 0.2) is 47.6 Å². The third-order valence-corrected chi connectivity index (χ3v) is 8.79. The number of nitrogens with zero attached hydrogens (tertiary/aromatic N) is 2. The summed E-state index contributed by atoms with van der Waals surface area (Å²) in [4.78, 5) is 19.5. The van der Waals surface area contributed by atoms with Crippen molar-refractivity contribution in [2.45, 2.75) is 23.8 Å². The van der Waals surface area contributed by atoms with Gasteiger partial charge in [-0.3, -0.25) is 14.5 Å². The number of benzene rings is 1. The first-order chi connectivity index (χ1) is 15.4. The fourth-order valence-corrected chi connectivity index (χ4v) is 7.31. The molecule has 1 unspecified atom stereocenters. The monoisotopic (exact) mass is 457 g/mol. The lowest BCUT2D eigenvalue weighted by Gasteiger charge is -2.27. The number of methoxy groups -OCH3 is 2. The highest BCUT2D eigenvalue weighted by Crippen LogP contribution is 2.58. The van der Waals surface area contributed by atoms with E-state index in [0.717, 1.165) is 19.4 Å². The van der Waals surface area contributed by atoms with Gasteiger partial charge in [0.2, 0.25) is 0 Å². The van der Waals surface area contributed by atoms with Crippen LogP contribution in [0.3, 0.4) is 0 Å². The van der Waals surface area contributed by atoms with Crippen molar-refractivity contribution in [2.24, 2.45) is 23.7 Å². The largest absolute Gasteiger partial charge is 0.495 e. The Labute approximate surface area is 188 Å². The molecule has 1 aliphatic heterocycles. The minimum Gasteiger partial charge on any atom is -0.495 e. The summed E-state index contributed by atoms with van der Waals surface area (Å²) in [7, 11) is -0.788. The van der Waals surface area contributed by atoms with E-state index in [9.17, 15) is 13.2 Å². The van der Waals surface area contributed by atoms with E-state index in [2.05, 4.69) is 9.71 Å². The highest BCUT2D eigenvalue weighted by Gasteiger charge is 2.59. The van der Waals surface area contributed by atoms with Gasteiger partial charge >= 0.3 is 0 Å². The zero-order chi connectivity index (χ0) is 22.5. The molecule has 5 rings (SSSR count). The standard InChI is InChI=1S/C23H27N3O5S/c1-30-13-20-14-7-18-19(20)12-26(21(18)8-14)23(27)17-5-3-4-6-22(17)32(28,29)25-15-9-16(31-2)11-24-10-15/h3-6,9-11,14,18-21,25H,7-8,12-13H2,1-2H3/t14?,18-,19-,20-,21-/m1/s1. The van der Waals surface area contributed by atoms with E-state index in [-0.39, 0.29) is 28.1 Å². The molecule has 1 saturated heterocycles. The number of sulfonamides is 1. The predicted octanol–water partition coefficient (Wildman–Crippen LogP) is 2.63. The quantitative estimate of drug-likeness (QED) is 0.687. The number of nitrogens with one attached hydrogen (secondary N) is 1. The molecule has 1 amide bonds. The van der Waals surface area contributed by atoms with Gasteiger partial charge < -0.3 is 14.4 Å². The number of rotatable bonds is 7. The van der Waals surface area contributed by atoms with E-state index >= 15 is 0 Å². The number of aromatic nitrogens is 1. The first-order valence-electron chi connectivity index (χ1n) is 10.8. The molecule has 9 heteroatoms. The van der Waals surface area contributed by atoms with Gasteiger partial charge in [0.25, 0.3) is 15.9 Å². The summed E-state index contributed by atoms with van der Waals surface area (Å²) in [6.07, 6.45) is 5.00. The lowest BCUT2D eigenvalue weighted by molar-refractivity contribution is 0.0723. The van der Waals surface area contributed by atoms with Gasteiger partial charge in [-0.2, -0.15) is 0 Å². The predicted molar refractivity (Wildman–Crippen MR) is 118 cm³/mol. The molecule has 0 spiro atoms. The molecule has 3 aliphatic rings. The molecule has 2 aliphatic carbocycles. The molecule has 8 nitrogen and oxygen atoms in total. The summed E-state index contributed by atoms with van der Waals surface area (Å²) in [5.41, 5.74) is 0.468. The highest BCUT2D eigenvalue weighted by atomic mass is 32.2. The summed E-state index contributed by atoms with van der Waals surface area (Å²) in [6, 6.07) is 8.14. The minimum absolute atomic E-state index is 0.0324. The summed E-state index contributed by atoms with van der Waals surface area (Å²) < 4.78 is 39.5. The molecule has 5 atom stereocenters. The lowest BCUT2D eigenvalue weighted by Crippen LogP contribution is -2.37. The van der Waals surface area contributed by atoms with E-state index in [1.54, 1.807) is 31.4 Å². The van der Waals surface area contributed by atoms with Crippen molar-refractivity contribution < 1.29 is 22.7 Å². The molecule has 1 aromatic carbocycles. The van der Waals surface area contributed by atoms with Gasteiger partial charge in [0.15, 0.2) is 0 Å². The van der Waals surface area contributed by atoms with E-state index in [0.29, 0.717) is 36.0 Å². The van der Waals surface area contributed by atoms with E-state index in [1.807, 2.05) is 4.90 Å². The molecular weight excluding hydrogens is 430 g/mol. The first kappa shape index (κ1) is 21.2. The first-order valence-corrected chi connectivity index (χ1v) is 12.3. The Morgan fingerprint density at radius 3 is 2.78 bits per heavy atom. The van der Waals surface area contributed by atoms with Crippen LogP contribution >= 0.6 is 0 Å². The van der Waals surface area contributed by atoms with Crippen LogP contribution in [-0.2, 0) is 14.8 Å². The van der Waals surface area contributed by atoms with Gasteiger partial charge in [-0.15, -0.1) is 0 Å². The molecule has 3 fully saturated rings. The van der Waals surface area contributed by atoms with Gasteiger partial charge in [0.05, 0.1) is 30.8 Å². The molecule has 1 aromatic heterocycles. The topological polar surface area (TPSA) is 97.8 Å². The van der Waals surface area contributed by atoms with Gasteiger partial charge in [0.1, 0.15) is 10.6 Å². The number of hydrogen-bond acceptors (Lipinski definition) is 6. The summed E-state index contributed by atoms with van der Waals surface area (Å²) in [5, 5.41) is 0. The Balaban J connectivity index is 1.42. The molecule has 2 heterocycles. The zero-order valence-corrected chi connectivity index (χ0v) is 18.9. The maximum atomic E-state index is 13.6. The minimum atomic E-state index is -4.00. The van der Waals surface area contributed by atoms with Crippen molar-refractivity contribution >= 4 is 21.6 Å². The fourth-order valence-electron chi connectivity index (χ4n) is 6.07. The second-order valence-electron chi connectivity index (χ2n) is 8.92. The Hall–Kier alpha value is -2.65. The molecule has 0 radical (unpaired) electrons. The smallest absolute Gasteiger partial charge is 0.262 e. The molecule has 1 N–H and O–H groups in total. The van der Waals surface area contributed by atoms with Crippen molar-refractivity contribution in [1.29, 1.82) is 0 Å². The Kier molecular flexibility index (Phi) is 5.33. The van der Waals surface area contributed by atoms with Crippen molar-refractivity contribution in [2.75, 3.05) is 32.1 Å². The second-order valence-corrected chi connectivity index (χ2v) is 10.6. The Morgan fingerprint density at radius 1 is 1.19 bits per heavy atom. The fraction of sp³-hybridized carbons (Fsp3) is 0.478. The maximum Gasteiger partial charge on any atom is 0.262 e. The van der Waals surface area contributed by atoms with Crippen LogP contribution in [0.4, 0.5) is 5.69 Å². The molecule has 2 aromatic rings. The lowest BCUT2D eigenvalue weighted by atomic mass is 9.81. The van der Waals surface area contributed by atoms with Gasteiger partial charge in [-0.05, 0) is 48.6 Å². The number of carbonyl (C=O) groups is 1. The molecular formula is C23H27N3O5S. The number of anilines is 1. The molecule has 2 saturated carbocycles. The number of carbonyl (C=O) groups excluding carboxylic acids is 1. The average molecular weight is 458 g/mol. The summed E-state index contributed by atoms with van der Waals surface area (Å²) in [6.45, 7) is 1.39. The van der Waals surface area contributed by atoms with Crippen molar-refractivity contribution in [1.82, 2.24) is 9.88 Å². The molecule has 170 valence electrons. The SMILES string of the molecule is COC[C@@H]1C2C[C@@H]3[C@H]1CN(C(=O)c1ccccc1S(=O)(=O)Nc1cncc(OC)c1)[C@@H]3C2. The van der Waals surface area contributed by atoms with Crippen LogP contribution in [0.2, 0.25) is 0 Å². The third-order valence-electron chi connectivity index (χ3n) is 7.35. The highest BCUT2D eigenvalue weighted by molar-refractivity contribution is 7.92. The number of ether oxygens (including phenoxy) is 2. The van der Waals surface area contributed by atoms with Crippen LogP contribution in [0, 0.1) is 23.7 Å². The van der Waals surface area contributed by atoms with E-state index < -0.39 is 10.0 Å². The van der Waals surface area contributed by atoms with Crippen LogP contribution in [0.1, 0.15) is 23.2 Å². The normalized spacial score (nSPS) is 28.2.